The van der Waals surface area contributed by atoms with Crippen molar-refractivity contribution in [1.29, 1.82) is 0 Å². The number of rotatable bonds is 3. The first-order chi connectivity index (χ1) is 6.15. The third-order valence-electron chi connectivity index (χ3n) is 1.96. The molecule has 0 saturated heterocycles. The van der Waals surface area contributed by atoms with Crippen molar-refractivity contribution in [3.63, 3.8) is 0 Å². The van der Waals surface area contributed by atoms with E-state index in [-0.39, 0.29) is 24.3 Å². The summed E-state index contributed by atoms with van der Waals surface area (Å²) in [6.45, 7) is 2.08. The molecule has 0 bridgehead atoms. The number of hydrogen-bond acceptors (Lipinski definition) is 1. The predicted octanol–water partition coefficient (Wildman–Crippen LogP) is 3.81. The van der Waals surface area contributed by atoms with E-state index in [0.717, 1.165) is 22.9 Å². The number of halogens is 3. The normalized spacial score (nSPS) is 12.0. The zero-order valence-corrected chi connectivity index (χ0v) is 10.4. The highest BCUT2D eigenvalue weighted by Crippen LogP contribution is 2.25. The van der Waals surface area contributed by atoms with Gasteiger partial charge in [0.1, 0.15) is 5.82 Å². The van der Waals surface area contributed by atoms with Crippen LogP contribution in [-0.2, 0) is 0 Å². The fraction of sp³-hybridized carbons (Fsp3) is 0.400. The lowest BCUT2D eigenvalue weighted by molar-refractivity contribution is 0.613. The second-order valence-electron chi connectivity index (χ2n) is 3.06. The Balaban J connectivity index is 0.00000169. The van der Waals surface area contributed by atoms with Gasteiger partial charge in [0.05, 0.1) is 0 Å². The molecule has 0 aliphatic carbocycles. The maximum atomic E-state index is 12.7. The van der Waals surface area contributed by atoms with E-state index in [1.165, 1.54) is 12.1 Å². The molecule has 0 aliphatic heterocycles. The first-order valence-corrected chi connectivity index (χ1v) is 5.15. The molecule has 2 N–H and O–H groups in total. The van der Waals surface area contributed by atoms with E-state index in [1.807, 2.05) is 0 Å². The van der Waals surface area contributed by atoms with E-state index >= 15 is 0 Å². The zero-order chi connectivity index (χ0) is 9.84. The SMILES string of the molecule is CCC[C@H](N)c1ccc(F)cc1Br.Cl. The molecule has 0 heterocycles. The van der Waals surface area contributed by atoms with Crippen LogP contribution in [0.3, 0.4) is 0 Å². The molecule has 0 aromatic heterocycles. The molecular weight excluding hydrogens is 268 g/mol. The van der Waals surface area contributed by atoms with Crippen molar-refractivity contribution >= 4 is 28.3 Å². The van der Waals surface area contributed by atoms with Crippen molar-refractivity contribution < 1.29 is 4.39 Å². The van der Waals surface area contributed by atoms with Gasteiger partial charge in [-0.15, -0.1) is 12.4 Å². The van der Waals surface area contributed by atoms with Crippen molar-refractivity contribution in [1.82, 2.24) is 0 Å². The molecule has 0 radical (unpaired) electrons. The van der Waals surface area contributed by atoms with Crippen LogP contribution in [0.15, 0.2) is 22.7 Å². The molecule has 1 nitrogen and oxygen atoms in total. The van der Waals surface area contributed by atoms with Gasteiger partial charge in [-0.05, 0) is 24.1 Å². The minimum Gasteiger partial charge on any atom is -0.324 e. The zero-order valence-electron chi connectivity index (χ0n) is 7.97. The fourth-order valence-electron chi connectivity index (χ4n) is 1.27. The summed E-state index contributed by atoms with van der Waals surface area (Å²) in [6, 6.07) is 4.63. The van der Waals surface area contributed by atoms with Gasteiger partial charge in [-0.3, -0.25) is 0 Å². The molecule has 0 saturated carbocycles. The second kappa shape index (κ2) is 6.38. The third-order valence-corrected chi connectivity index (χ3v) is 2.65. The Kier molecular flexibility index (Phi) is 6.33. The summed E-state index contributed by atoms with van der Waals surface area (Å²) in [6.07, 6.45) is 1.95. The summed E-state index contributed by atoms with van der Waals surface area (Å²) < 4.78 is 13.5. The maximum Gasteiger partial charge on any atom is 0.124 e. The molecule has 0 amide bonds. The van der Waals surface area contributed by atoms with Crippen LogP contribution < -0.4 is 5.73 Å². The molecule has 1 aromatic rings. The molecule has 80 valence electrons. The smallest absolute Gasteiger partial charge is 0.124 e. The van der Waals surface area contributed by atoms with Gasteiger partial charge < -0.3 is 5.73 Å². The molecule has 1 aromatic carbocycles. The maximum absolute atomic E-state index is 12.7. The molecule has 4 heteroatoms. The fourth-order valence-corrected chi connectivity index (χ4v) is 1.91. The molecule has 1 rings (SSSR count). The lowest BCUT2D eigenvalue weighted by Gasteiger charge is -2.12. The summed E-state index contributed by atoms with van der Waals surface area (Å²) in [5, 5.41) is 0. The summed E-state index contributed by atoms with van der Waals surface area (Å²) in [7, 11) is 0. The Morgan fingerprint density at radius 2 is 2.14 bits per heavy atom. The van der Waals surface area contributed by atoms with E-state index in [4.69, 9.17) is 5.73 Å². The molecular formula is C10H14BrClFN. The van der Waals surface area contributed by atoms with Crippen LogP contribution in [0.1, 0.15) is 31.4 Å². The highest BCUT2D eigenvalue weighted by atomic mass is 79.9. The predicted molar refractivity (Wildman–Crippen MR) is 63.2 cm³/mol. The van der Waals surface area contributed by atoms with Crippen molar-refractivity contribution in [2.75, 3.05) is 0 Å². The highest BCUT2D eigenvalue weighted by molar-refractivity contribution is 9.10. The molecule has 0 fully saturated rings. The van der Waals surface area contributed by atoms with E-state index in [0.29, 0.717) is 0 Å². The van der Waals surface area contributed by atoms with E-state index in [2.05, 4.69) is 22.9 Å². The molecule has 0 aliphatic rings. The van der Waals surface area contributed by atoms with E-state index < -0.39 is 0 Å². The first kappa shape index (κ1) is 13.9. The molecule has 0 spiro atoms. The average Bonchev–Trinajstić information content (AvgIpc) is 2.04. The van der Waals surface area contributed by atoms with Gasteiger partial charge in [0.25, 0.3) is 0 Å². The number of hydrogen-bond donors (Lipinski definition) is 1. The summed E-state index contributed by atoms with van der Waals surface area (Å²) in [5.74, 6) is -0.237. The summed E-state index contributed by atoms with van der Waals surface area (Å²) in [5.41, 5.74) is 6.88. The largest absolute Gasteiger partial charge is 0.324 e. The van der Waals surface area contributed by atoms with Gasteiger partial charge in [0.2, 0.25) is 0 Å². The van der Waals surface area contributed by atoms with Crippen LogP contribution >= 0.6 is 28.3 Å². The quantitative estimate of drug-likeness (QED) is 0.896. The van der Waals surface area contributed by atoms with Crippen LogP contribution in [-0.4, -0.2) is 0 Å². The highest BCUT2D eigenvalue weighted by Gasteiger charge is 2.08. The number of nitrogens with two attached hydrogens (primary N) is 1. The lowest BCUT2D eigenvalue weighted by Crippen LogP contribution is -2.10. The Morgan fingerprint density at radius 1 is 1.50 bits per heavy atom. The minimum atomic E-state index is -0.237. The van der Waals surface area contributed by atoms with Gasteiger partial charge in [0.15, 0.2) is 0 Å². The Bertz CT molecular complexity index is 293. The van der Waals surface area contributed by atoms with Crippen molar-refractivity contribution in [2.45, 2.75) is 25.8 Å². The van der Waals surface area contributed by atoms with Crippen LogP contribution in [0.4, 0.5) is 4.39 Å². The molecule has 14 heavy (non-hydrogen) atoms. The first-order valence-electron chi connectivity index (χ1n) is 4.35. The van der Waals surface area contributed by atoms with Gasteiger partial charge in [0, 0.05) is 10.5 Å². The topological polar surface area (TPSA) is 26.0 Å². The Morgan fingerprint density at radius 3 is 2.64 bits per heavy atom. The average molecular weight is 283 g/mol. The minimum absolute atomic E-state index is 0. The van der Waals surface area contributed by atoms with Crippen LogP contribution in [0.5, 0.6) is 0 Å². The van der Waals surface area contributed by atoms with Gasteiger partial charge in [-0.2, -0.15) is 0 Å². The van der Waals surface area contributed by atoms with Crippen LogP contribution in [0.25, 0.3) is 0 Å². The second-order valence-corrected chi connectivity index (χ2v) is 3.92. The third kappa shape index (κ3) is 3.56. The van der Waals surface area contributed by atoms with Gasteiger partial charge in [-0.25, -0.2) is 4.39 Å². The standard InChI is InChI=1S/C10H13BrFN.ClH/c1-2-3-10(13)8-5-4-7(12)6-9(8)11;/h4-6,10H,2-3,13H2,1H3;1H/t10-;/m0./s1. The lowest BCUT2D eigenvalue weighted by atomic mass is 10.0. The van der Waals surface area contributed by atoms with Crippen LogP contribution in [0.2, 0.25) is 0 Å². The summed E-state index contributed by atoms with van der Waals surface area (Å²) >= 11 is 3.30. The van der Waals surface area contributed by atoms with Crippen molar-refractivity contribution in [3.05, 3.63) is 34.1 Å². The summed E-state index contributed by atoms with van der Waals surface area (Å²) in [4.78, 5) is 0. The van der Waals surface area contributed by atoms with E-state index in [1.54, 1.807) is 6.07 Å². The monoisotopic (exact) mass is 281 g/mol. The Hall–Kier alpha value is -0.120. The van der Waals surface area contributed by atoms with Crippen molar-refractivity contribution in [3.8, 4) is 0 Å². The van der Waals surface area contributed by atoms with Crippen LogP contribution in [0, 0.1) is 5.82 Å². The molecule has 0 unspecified atom stereocenters. The van der Waals surface area contributed by atoms with Gasteiger partial charge >= 0.3 is 0 Å². The Labute approximate surface area is 98.4 Å². The van der Waals surface area contributed by atoms with Crippen molar-refractivity contribution in [2.24, 2.45) is 5.73 Å². The number of benzene rings is 1. The van der Waals surface area contributed by atoms with E-state index in [9.17, 15) is 4.39 Å². The molecule has 1 atom stereocenters. The van der Waals surface area contributed by atoms with Gasteiger partial charge in [-0.1, -0.05) is 35.3 Å².